The molecule has 0 saturated carbocycles. The quantitative estimate of drug-likeness (QED) is 0.873. The standard InChI is InChI=1S/C20H26N2O/c1-15(21-14-16-8-6-5-7-9-16)19(23)22-18-12-10-17(11-13-18)20(2,3)4/h5-13,15,21H,14H2,1-4H3,(H,22,23). The Kier molecular flexibility index (Phi) is 5.56. The zero-order valence-corrected chi connectivity index (χ0v) is 14.4. The molecule has 2 aromatic carbocycles. The summed E-state index contributed by atoms with van der Waals surface area (Å²) in [6.45, 7) is 9.09. The molecule has 1 atom stereocenters. The van der Waals surface area contributed by atoms with Crippen LogP contribution in [-0.4, -0.2) is 11.9 Å². The third kappa shape index (κ3) is 5.22. The lowest BCUT2D eigenvalue weighted by atomic mass is 9.87. The van der Waals surface area contributed by atoms with E-state index in [4.69, 9.17) is 0 Å². The normalized spacial score (nSPS) is 12.7. The minimum absolute atomic E-state index is 0.0237. The molecule has 0 fully saturated rings. The van der Waals surface area contributed by atoms with Crippen molar-refractivity contribution in [1.29, 1.82) is 0 Å². The monoisotopic (exact) mass is 310 g/mol. The van der Waals surface area contributed by atoms with Crippen LogP contribution in [0.15, 0.2) is 54.6 Å². The minimum atomic E-state index is -0.252. The summed E-state index contributed by atoms with van der Waals surface area (Å²) in [7, 11) is 0. The van der Waals surface area contributed by atoms with Gasteiger partial charge in [-0.15, -0.1) is 0 Å². The molecule has 1 amide bonds. The van der Waals surface area contributed by atoms with Crippen LogP contribution in [0, 0.1) is 0 Å². The van der Waals surface area contributed by atoms with Gasteiger partial charge in [0.15, 0.2) is 0 Å². The van der Waals surface area contributed by atoms with Gasteiger partial charge < -0.3 is 10.6 Å². The van der Waals surface area contributed by atoms with Gasteiger partial charge in [0, 0.05) is 12.2 Å². The topological polar surface area (TPSA) is 41.1 Å². The second kappa shape index (κ2) is 7.42. The van der Waals surface area contributed by atoms with E-state index >= 15 is 0 Å². The number of nitrogens with one attached hydrogen (secondary N) is 2. The van der Waals surface area contributed by atoms with E-state index in [2.05, 4.69) is 43.5 Å². The van der Waals surface area contributed by atoms with Crippen molar-refractivity contribution in [2.24, 2.45) is 0 Å². The van der Waals surface area contributed by atoms with Crippen LogP contribution in [0.5, 0.6) is 0 Å². The van der Waals surface area contributed by atoms with Crippen molar-refractivity contribution in [3.05, 3.63) is 65.7 Å². The molecule has 0 aliphatic carbocycles. The molecule has 3 heteroatoms. The van der Waals surface area contributed by atoms with Crippen molar-refractivity contribution >= 4 is 11.6 Å². The molecule has 3 nitrogen and oxygen atoms in total. The molecule has 0 saturated heterocycles. The first-order valence-electron chi connectivity index (χ1n) is 8.05. The van der Waals surface area contributed by atoms with E-state index in [-0.39, 0.29) is 17.4 Å². The van der Waals surface area contributed by atoms with Gasteiger partial charge in [-0.05, 0) is 35.6 Å². The molecule has 0 aliphatic rings. The van der Waals surface area contributed by atoms with Crippen molar-refractivity contribution in [3.63, 3.8) is 0 Å². The summed E-state index contributed by atoms with van der Waals surface area (Å²) in [4.78, 5) is 12.2. The van der Waals surface area contributed by atoms with Crippen LogP contribution in [0.3, 0.4) is 0 Å². The average molecular weight is 310 g/mol. The first kappa shape index (κ1) is 17.2. The number of carbonyl (C=O) groups is 1. The fourth-order valence-electron chi connectivity index (χ4n) is 2.26. The Morgan fingerprint density at radius 1 is 1.00 bits per heavy atom. The Morgan fingerprint density at radius 2 is 1.61 bits per heavy atom. The number of amides is 1. The van der Waals surface area contributed by atoms with E-state index < -0.39 is 0 Å². The van der Waals surface area contributed by atoms with E-state index in [1.54, 1.807) is 0 Å². The summed E-state index contributed by atoms with van der Waals surface area (Å²) in [6.07, 6.45) is 0. The van der Waals surface area contributed by atoms with E-state index in [9.17, 15) is 4.79 Å². The van der Waals surface area contributed by atoms with Crippen LogP contribution in [0.1, 0.15) is 38.8 Å². The highest BCUT2D eigenvalue weighted by atomic mass is 16.2. The second-order valence-corrected chi connectivity index (χ2v) is 6.90. The molecule has 2 rings (SSSR count). The maximum absolute atomic E-state index is 12.2. The van der Waals surface area contributed by atoms with Crippen molar-refractivity contribution in [3.8, 4) is 0 Å². The Morgan fingerprint density at radius 3 is 2.17 bits per heavy atom. The minimum Gasteiger partial charge on any atom is -0.325 e. The average Bonchev–Trinajstić information content (AvgIpc) is 2.53. The summed E-state index contributed by atoms with van der Waals surface area (Å²) >= 11 is 0. The third-order valence-electron chi connectivity index (χ3n) is 3.87. The van der Waals surface area contributed by atoms with E-state index in [0.717, 1.165) is 5.69 Å². The Balaban J connectivity index is 1.88. The van der Waals surface area contributed by atoms with Crippen molar-refractivity contribution < 1.29 is 4.79 Å². The molecule has 1 unspecified atom stereocenters. The number of carbonyl (C=O) groups excluding carboxylic acids is 1. The third-order valence-corrected chi connectivity index (χ3v) is 3.87. The van der Waals surface area contributed by atoms with Crippen LogP contribution in [-0.2, 0) is 16.8 Å². The maximum atomic E-state index is 12.2. The summed E-state index contributed by atoms with van der Waals surface area (Å²) in [5.74, 6) is -0.0237. The number of benzene rings is 2. The van der Waals surface area contributed by atoms with Crippen LogP contribution >= 0.6 is 0 Å². The highest BCUT2D eigenvalue weighted by Crippen LogP contribution is 2.23. The zero-order valence-electron chi connectivity index (χ0n) is 14.4. The Labute approximate surface area is 139 Å². The summed E-state index contributed by atoms with van der Waals surface area (Å²) < 4.78 is 0. The Bertz CT molecular complexity index is 627. The first-order chi connectivity index (χ1) is 10.9. The lowest BCUT2D eigenvalue weighted by Crippen LogP contribution is -2.37. The van der Waals surface area contributed by atoms with Crippen LogP contribution in [0.4, 0.5) is 5.69 Å². The molecule has 0 spiro atoms. The largest absolute Gasteiger partial charge is 0.325 e. The molecule has 23 heavy (non-hydrogen) atoms. The van der Waals surface area contributed by atoms with Gasteiger partial charge in [-0.1, -0.05) is 63.2 Å². The number of hydrogen-bond donors (Lipinski definition) is 2. The highest BCUT2D eigenvalue weighted by molar-refractivity contribution is 5.94. The van der Waals surface area contributed by atoms with Crippen molar-refractivity contribution in [2.75, 3.05) is 5.32 Å². The van der Waals surface area contributed by atoms with Gasteiger partial charge in [0.05, 0.1) is 6.04 Å². The lowest BCUT2D eigenvalue weighted by Gasteiger charge is -2.19. The molecule has 0 aromatic heterocycles. The van der Waals surface area contributed by atoms with Gasteiger partial charge in [-0.25, -0.2) is 0 Å². The molecule has 2 aromatic rings. The van der Waals surface area contributed by atoms with Gasteiger partial charge in [-0.2, -0.15) is 0 Å². The van der Waals surface area contributed by atoms with E-state index in [0.29, 0.717) is 6.54 Å². The van der Waals surface area contributed by atoms with Gasteiger partial charge in [0.1, 0.15) is 0 Å². The van der Waals surface area contributed by atoms with Crippen molar-refractivity contribution in [2.45, 2.75) is 45.7 Å². The lowest BCUT2D eigenvalue weighted by molar-refractivity contribution is -0.117. The molecule has 122 valence electrons. The molecule has 2 N–H and O–H groups in total. The number of hydrogen-bond acceptors (Lipinski definition) is 2. The molecule has 0 heterocycles. The summed E-state index contributed by atoms with van der Waals surface area (Å²) in [6, 6.07) is 17.9. The SMILES string of the molecule is CC(NCc1ccccc1)C(=O)Nc1ccc(C(C)(C)C)cc1. The molecule has 0 aliphatic heterocycles. The van der Waals surface area contributed by atoms with Gasteiger partial charge >= 0.3 is 0 Å². The maximum Gasteiger partial charge on any atom is 0.241 e. The van der Waals surface area contributed by atoms with Crippen molar-refractivity contribution in [1.82, 2.24) is 5.32 Å². The highest BCUT2D eigenvalue weighted by Gasteiger charge is 2.15. The summed E-state index contributed by atoms with van der Waals surface area (Å²) in [5.41, 5.74) is 3.37. The van der Waals surface area contributed by atoms with E-state index in [1.807, 2.05) is 49.4 Å². The summed E-state index contributed by atoms with van der Waals surface area (Å²) in [5, 5.41) is 6.20. The molecule has 0 bridgehead atoms. The van der Waals surface area contributed by atoms with E-state index in [1.165, 1.54) is 11.1 Å². The van der Waals surface area contributed by atoms with Crippen LogP contribution < -0.4 is 10.6 Å². The fraction of sp³-hybridized carbons (Fsp3) is 0.350. The van der Waals surface area contributed by atoms with Crippen LogP contribution in [0.2, 0.25) is 0 Å². The number of anilines is 1. The van der Waals surface area contributed by atoms with Gasteiger partial charge in [0.2, 0.25) is 5.91 Å². The van der Waals surface area contributed by atoms with Crippen LogP contribution in [0.25, 0.3) is 0 Å². The Hall–Kier alpha value is -2.13. The molecular formula is C20H26N2O. The van der Waals surface area contributed by atoms with Gasteiger partial charge in [0.25, 0.3) is 0 Å². The first-order valence-corrected chi connectivity index (χ1v) is 8.05. The number of rotatable bonds is 5. The molecular weight excluding hydrogens is 284 g/mol. The fourth-order valence-corrected chi connectivity index (χ4v) is 2.26. The zero-order chi connectivity index (χ0) is 16.9. The van der Waals surface area contributed by atoms with Gasteiger partial charge in [-0.3, -0.25) is 4.79 Å². The molecule has 0 radical (unpaired) electrons. The predicted octanol–water partition coefficient (Wildman–Crippen LogP) is 4.10. The predicted molar refractivity (Wildman–Crippen MR) is 96.5 cm³/mol. The smallest absolute Gasteiger partial charge is 0.241 e. The second-order valence-electron chi connectivity index (χ2n) is 6.90.